The van der Waals surface area contributed by atoms with Crippen molar-refractivity contribution >= 4 is 5.91 Å². The Hall–Kier alpha value is -1.78. The molecule has 1 aromatic rings. The molecule has 0 bridgehead atoms. The molecule has 1 aliphatic heterocycles. The van der Waals surface area contributed by atoms with Crippen molar-refractivity contribution in [3.05, 3.63) is 29.8 Å². The van der Waals surface area contributed by atoms with E-state index >= 15 is 0 Å². The van der Waals surface area contributed by atoms with Gasteiger partial charge in [0.2, 0.25) is 0 Å². The van der Waals surface area contributed by atoms with Crippen molar-refractivity contribution in [1.82, 2.24) is 14.7 Å². The molecule has 0 spiro atoms. The molecule has 1 aromatic heterocycles. The minimum atomic E-state index is -0.273. The third-order valence-corrected chi connectivity index (χ3v) is 3.08. The SMILES string of the molecule is Cn1cc(CN2C(=O)C=C(O)[C@@H]2C(C)(C)C)cn1. The third kappa shape index (κ3) is 2.25. The van der Waals surface area contributed by atoms with Gasteiger partial charge < -0.3 is 10.0 Å². The van der Waals surface area contributed by atoms with Crippen molar-refractivity contribution in [2.24, 2.45) is 12.5 Å². The summed E-state index contributed by atoms with van der Waals surface area (Å²) in [6.45, 7) is 6.50. The lowest BCUT2D eigenvalue weighted by Gasteiger charge is -2.35. The quantitative estimate of drug-likeness (QED) is 0.866. The maximum Gasteiger partial charge on any atom is 0.250 e. The Morgan fingerprint density at radius 2 is 2.11 bits per heavy atom. The van der Waals surface area contributed by atoms with Gasteiger partial charge in [0.25, 0.3) is 5.91 Å². The number of carbonyl (C=O) groups excluding carboxylic acids is 1. The van der Waals surface area contributed by atoms with Gasteiger partial charge in [0.15, 0.2) is 0 Å². The highest BCUT2D eigenvalue weighted by molar-refractivity contribution is 5.91. The molecule has 5 heteroatoms. The summed E-state index contributed by atoms with van der Waals surface area (Å²) in [6, 6.07) is -0.273. The topological polar surface area (TPSA) is 58.4 Å². The number of aromatic nitrogens is 2. The van der Waals surface area contributed by atoms with Crippen LogP contribution in [0, 0.1) is 5.41 Å². The number of carbonyl (C=O) groups is 1. The highest BCUT2D eigenvalue weighted by Gasteiger charge is 2.40. The van der Waals surface area contributed by atoms with Gasteiger partial charge in [0.05, 0.1) is 12.2 Å². The Balaban J connectivity index is 2.23. The Morgan fingerprint density at radius 3 is 2.61 bits per heavy atom. The summed E-state index contributed by atoms with van der Waals surface area (Å²) >= 11 is 0. The van der Waals surface area contributed by atoms with Crippen LogP contribution in [0.25, 0.3) is 0 Å². The number of aliphatic hydroxyl groups is 1. The first-order chi connectivity index (χ1) is 8.29. The molecule has 0 radical (unpaired) electrons. The maximum atomic E-state index is 11.9. The summed E-state index contributed by atoms with van der Waals surface area (Å²) in [7, 11) is 1.84. The molecule has 0 aliphatic carbocycles. The molecule has 1 aliphatic rings. The second kappa shape index (κ2) is 4.15. The minimum absolute atomic E-state index is 0.142. The molecule has 5 nitrogen and oxygen atoms in total. The summed E-state index contributed by atoms with van der Waals surface area (Å²) in [5.74, 6) is 0.00710. The van der Waals surface area contributed by atoms with E-state index in [1.54, 1.807) is 15.8 Å². The summed E-state index contributed by atoms with van der Waals surface area (Å²) in [4.78, 5) is 13.6. The number of amides is 1. The predicted octanol–water partition coefficient (Wildman–Crippen LogP) is 1.62. The molecule has 18 heavy (non-hydrogen) atoms. The highest BCUT2D eigenvalue weighted by Crippen LogP contribution is 2.33. The van der Waals surface area contributed by atoms with Crippen molar-refractivity contribution < 1.29 is 9.90 Å². The molecule has 98 valence electrons. The third-order valence-electron chi connectivity index (χ3n) is 3.08. The number of aryl methyl sites for hydroxylation is 1. The van der Waals surface area contributed by atoms with E-state index in [4.69, 9.17) is 0 Å². The molecule has 2 rings (SSSR count). The highest BCUT2D eigenvalue weighted by atomic mass is 16.3. The fraction of sp³-hybridized carbons (Fsp3) is 0.538. The van der Waals surface area contributed by atoms with Crippen molar-refractivity contribution in [3.8, 4) is 0 Å². The van der Waals surface area contributed by atoms with Gasteiger partial charge in [-0.3, -0.25) is 9.48 Å². The van der Waals surface area contributed by atoms with Crippen LogP contribution in [0.15, 0.2) is 24.2 Å². The summed E-state index contributed by atoms with van der Waals surface area (Å²) < 4.78 is 1.70. The second-order valence-electron chi connectivity index (χ2n) is 5.83. The number of aliphatic hydroxyl groups excluding tert-OH is 1. The van der Waals surface area contributed by atoms with Crippen LogP contribution in [0.1, 0.15) is 26.3 Å². The summed E-state index contributed by atoms with van der Waals surface area (Å²) in [5, 5.41) is 14.0. The zero-order valence-electron chi connectivity index (χ0n) is 11.2. The lowest BCUT2D eigenvalue weighted by atomic mass is 9.85. The maximum absolute atomic E-state index is 11.9. The Morgan fingerprint density at radius 1 is 1.44 bits per heavy atom. The molecule has 0 fully saturated rings. The van der Waals surface area contributed by atoms with Crippen LogP contribution in [-0.2, 0) is 18.4 Å². The Bertz CT molecular complexity index is 497. The standard InChI is InChI=1S/C13H19N3O2/c1-13(2,3)12-10(17)5-11(18)16(12)8-9-6-14-15(4)7-9/h5-7,12,17H,8H2,1-4H3/t12-/m1/s1. The average molecular weight is 249 g/mol. The summed E-state index contributed by atoms with van der Waals surface area (Å²) in [5.41, 5.74) is 0.762. The van der Waals surface area contributed by atoms with Crippen LogP contribution >= 0.6 is 0 Å². The smallest absolute Gasteiger partial charge is 0.250 e. The van der Waals surface area contributed by atoms with Gasteiger partial charge in [0.1, 0.15) is 5.76 Å². The van der Waals surface area contributed by atoms with E-state index in [0.29, 0.717) is 6.54 Å². The molecule has 0 unspecified atom stereocenters. The molecule has 0 aromatic carbocycles. The van der Waals surface area contributed by atoms with Crippen LogP contribution in [0.5, 0.6) is 0 Å². The first-order valence-electron chi connectivity index (χ1n) is 5.97. The van der Waals surface area contributed by atoms with Crippen LogP contribution in [0.2, 0.25) is 0 Å². The zero-order chi connectivity index (χ0) is 13.5. The fourth-order valence-corrected chi connectivity index (χ4v) is 2.41. The average Bonchev–Trinajstić information content (AvgIpc) is 2.71. The van der Waals surface area contributed by atoms with Crippen LogP contribution in [0.4, 0.5) is 0 Å². The minimum Gasteiger partial charge on any atom is -0.510 e. The van der Waals surface area contributed by atoms with E-state index in [-0.39, 0.29) is 23.1 Å². The number of hydrogen-bond donors (Lipinski definition) is 1. The predicted molar refractivity (Wildman–Crippen MR) is 67.7 cm³/mol. The van der Waals surface area contributed by atoms with Gasteiger partial charge in [-0.1, -0.05) is 20.8 Å². The molecule has 1 N–H and O–H groups in total. The van der Waals surface area contributed by atoms with Gasteiger partial charge in [-0.05, 0) is 5.41 Å². The normalized spacial score (nSPS) is 20.4. The Kier molecular flexibility index (Phi) is 2.92. The van der Waals surface area contributed by atoms with E-state index in [1.807, 2.05) is 34.0 Å². The number of nitrogens with zero attached hydrogens (tertiary/aromatic N) is 3. The second-order valence-corrected chi connectivity index (χ2v) is 5.83. The zero-order valence-corrected chi connectivity index (χ0v) is 11.2. The monoisotopic (exact) mass is 249 g/mol. The van der Waals surface area contributed by atoms with Gasteiger partial charge in [0, 0.05) is 31.4 Å². The first-order valence-corrected chi connectivity index (χ1v) is 5.97. The van der Waals surface area contributed by atoms with Crippen molar-refractivity contribution in [1.29, 1.82) is 0 Å². The fourth-order valence-electron chi connectivity index (χ4n) is 2.41. The van der Waals surface area contributed by atoms with E-state index in [0.717, 1.165) is 5.56 Å². The summed E-state index contributed by atoms with van der Waals surface area (Å²) in [6.07, 6.45) is 4.93. The van der Waals surface area contributed by atoms with Crippen molar-refractivity contribution in [3.63, 3.8) is 0 Å². The molecule has 1 atom stereocenters. The van der Waals surface area contributed by atoms with E-state index < -0.39 is 0 Å². The number of rotatable bonds is 2. The van der Waals surface area contributed by atoms with Gasteiger partial charge in [-0.2, -0.15) is 5.10 Å². The molecule has 0 saturated carbocycles. The largest absolute Gasteiger partial charge is 0.510 e. The van der Waals surface area contributed by atoms with Crippen LogP contribution in [-0.4, -0.2) is 31.7 Å². The lowest BCUT2D eigenvalue weighted by Crippen LogP contribution is -2.43. The molecule has 1 amide bonds. The molecular weight excluding hydrogens is 230 g/mol. The van der Waals surface area contributed by atoms with Crippen molar-refractivity contribution in [2.75, 3.05) is 0 Å². The first kappa shape index (κ1) is 12.7. The van der Waals surface area contributed by atoms with E-state index in [1.165, 1.54) is 6.08 Å². The van der Waals surface area contributed by atoms with E-state index in [2.05, 4.69) is 5.10 Å². The molecule has 0 saturated heterocycles. The van der Waals surface area contributed by atoms with Crippen molar-refractivity contribution in [2.45, 2.75) is 33.4 Å². The molecular formula is C13H19N3O2. The molecule has 2 heterocycles. The van der Waals surface area contributed by atoms with Gasteiger partial charge in [-0.15, -0.1) is 0 Å². The van der Waals surface area contributed by atoms with Crippen LogP contribution < -0.4 is 0 Å². The van der Waals surface area contributed by atoms with E-state index in [9.17, 15) is 9.90 Å². The van der Waals surface area contributed by atoms with Gasteiger partial charge in [-0.25, -0.2) is 0 Å². The Labute approximate surface area is 107 Å². The number of hydrogen-bond acceptors (Lipinski definition) is 3. The van der Waals surface area contributed by atoms with Gasteiger partial charge >= 0.3 is 0 Å². The van der Waals surface area contributed by atoms with Crippen LogP contribution in [0.3, 0.4) is 0 Å². The lowest BCUT2D eigenvalue weighted by molar-refractivity contribution is -0.128.